The van der Waals surface area contributed by atoms with Gasteiger partial charge in [-0.3, -0.25) is 15.1 Å². The summed E-state index contributed by atoms with van der Waals surface area (Å²) < 4.78 is 16.4. The molecular formula is C16H24N2O4. The van der Waals surface area contributed by atoms with E-state index >= 15 is 0 Å². The first-order valence-electron chi connectivity index (χ1n) is 7.40. The summed E-state index contributed by atoms with van der Waals surface area (Å²) in [7, 11) is 0. The Kier molecular flexibility index (Phi) is 4.60. The smallest absolute Gasteiger partial charge is 0.326 e. The van der Waals surface area contributed by atoms with Crippen molar-refractivity contribution in [1.82, 2.24) is 10.3 Å². The Balaban J connectivity index is 1.98. The molecule has 0 spiro atoms. The maximum Gasteiger partial charge on any atom is 0.326 e. The summed E-state index contributed by atoms with van der Waals surface area (Å²) >= 11 is 0. The molecule has 6 nitrogen and oxygen atoms in total. The second-order valence-electron chi connectivity index (χ2n) is 6.80. The van der Waals surface area contributed by atoms with Crippen molar-refractivity contribution in [1.29, 1.82) is 0 Å². The minimum Gasteiger partial charge on any atom is -0.486 e. The molecule has 1 aliphatic heterocycles. The van der Waals surface area contributed by atoms with Crippen LogP contribution in [-0.4, -0.2) is 35.3 Å². The predicted molar refractivity (Wildman–Crippen MR) is 82.0 cm³/mol. The van der Waals surface area contributed by atoms with Gasteiger partial charge in [-0.25, -0.2) is 0 Å². The molecule has 1 aromatic heterocycles. The molecule has 122 valence electrons. The normalized spacial score (nSPS) is 14.6. The lowest BCUT2D eigenvalue weighted by atomic mass is 10.0. The van der Waals surface area contributed by atoms with E-state index < -0.39 is 11.1 Å². The van der Waals surface area contributed by atoms with Gasteiger partial charge in [0.2, 0.25) is 0 Å². The van der Waals surface area contributed by atoms with Crippen LogP contribution < -0.4 is 14.8 Å². The molecule has 2 heterocycles. The maximum atomic E-state index is 12.2. The number of carbonyl (C=O) groups is 1. The van der Waals surface area contributed by atoms with E-state index in [1.165, 1.54) is 0 Å². The number of carbonyl (C=O) groups excluding carboxylic acids is 1. The van der Waals surface area contributed by atoms with Crippen molar-refractivity contribution in [2.45, 2.75) is 52.3 Å². The van der Waals surface area contributed by atoms with E-state index in [-0.39, 0.29) is 5.97 Å². The van der Waals surface area contributed by atoms with Gasteiger partial charge in [0, 0.05) is 12.6 Å². The van der Waals surface area contributed by atoms with Crippen LogP contribution in [0, 0.1) is 0 Å². The summed E-state index contributed by atoms with van der Waals surface area (Å²) in [4.78, 5) is 16.5. The van der Waals surface area contributed by atoms with Crippen molar-refractivity contribution in [3.63, 3.8) is 0 Å². The summed E-state index contributed by atoms with van der Waals surface area (Å²) in [5.74, 6) is 1.05. The number of pyridine rings is 1. The number of hydrogen-bond donors (Lipinski definition) is 1. The predicted octanol–water partition coefficient (Wildman–Crippen LogP) is 2.06. The minimum absolute atomic E-state index is 0.294. The fraction of sp³-hybridized carbons (Fsp3) is 0.625. The van der Waals surface area contributed by atoms with Gasteiger partial charge < -0.3 is 14.2 Å². The summed E-state index contributed by atoms with van der Waals surface area (Å²) in [5, 5.41) is 3.17. The molecule has 1 aromatic rings. The van der Waals surface area contributed by atoms with Crippen molar-refractivity contribution in [2.75, 3.05) is 13.2 Å². The van der Waals surface area contributed by atoms with Crippen molar-refractivity contribution in [3.05, 3.63) is 18.0 Å². The van der Waals surface area contributed by atoms with E-state index in [0.717, 1.165) is 5.69 Å². The van der Waals surface area contributed by atoms with Crippen LogP contribution in [0.1, 0.15) is 40.3 Å². The molecule has 0 atom stereocenters. The topological polar surface area (TPSA) is 69.7 Å². The standard InChI is InChI=1S/C16H24N2O4/c1-15(2,3)22-14(19)16(4,5)18-9-11-8-12-13(10-17-11)21-7-6-20-12/h8,10,18H,6-7,9H2,1-5H3. The summed E-state index contributed by atoms with van der Waals surface area (Å²) in [6, 6.07) is 1.83. The molecule has 2 rings (SSSR count). The molecule has 1 aliphatic rings. The number of rotatable bonds is 4. The fourth-order valence-electron chi connectivity index (χ4n) is 1.88. The molecule has 1 N–H and O–H groups in total. The lowest BCUT2D eigenvalue weighted by Crippen LogP contribution is -2.49. The second kappa shape index (κ2) is 6.12. The third kappa shape index (κ3) is 4.34. The number of esters is 1. The number of nitrogens with zero attached hydrogens (tertiary/aromatic N) is 1. The van der Waals surface area contributed by atoms with Gasteiger partial charge in [0.15, 0.2) is 11.5 Å². The Morgan fingerprint density at radius 1 is 1.23 bits per heavy atom. The molecule has 0 saturated heterocycles. The molecule has 22 heavy (non-hydrogen) atoms. The number of aromatic nitrogens is 1. The van der Waals surface area contributed by atoms with E-state index in [4.69, 9.17) is 14.2 Å². The van der Waals surface area contributed by atoms with Crippen LogP contribution in [0.2, 0.25) is 0 Å². The number of nitrogens with one attached hydrogen (secondary N) is 1. The molecule has 6 heteroatoms. The molecule has 0 amide bonds. The molecule has 0 aliphatic carbocycles. The molecular weight excluding hydrogens is 284 g/mol. The third-order valence-electron chi connectivity index (χ3n) is 3.11. The van der Waals surface area contributed by atoms with Crippen LogP contribution in [0.5, 0.6) is 11.5 Å². The Morgan fingerprint density at radius 2 is 1.86 bits per heavy atom. The summed E-state index contributed by atoms with van der Waals surface area (Å²) in [6.45, 7) is 10.6. The SMILES string of the molecule is CC(C)(C)OC(=O)C(C)(C)NCc1cc2c(cn1)OCCO2. The van der Waals surface area contributed by atoms with E-state index in [9.17, 15) is 4.79 Å². The zero-order valence-electron chi connectivity index (χ0n) is 13.9. The molecule has 0 fully saturated rings. The van der Waals surface area contributed by atoms with Crippen LogP contribution in [-0.2, 0) is 16.1 Å². The van der Waals surface area contributed by atoms with Gasteiger partial charge in [0.1, 0.15) is 24.4 Å². The summed E-state index contributed by atoms with van der Waals surface area (Å²) in [5.41, 5.74) is -0.533. The molecule has 0 radical (unpaired) electrons. The van der Waals surface area contributed by atoms with Gasteiger partial charge in [-0.2, -0.15) is 0 Å². The molecule has 0 aromatic carbocycles. The number of fused-ring (bicyclic) bond motifs is 1. The van der Waals surface area contributed by atoms with Gasteiger partial charge in [-0.1, -0.05) is 0 Å². The highest BCUT2D eigenvalue weighted by Crippen LogP contribution is 2.29. The lowest BCUT2D eigenvalue weighted by Gasteiger charge is -2.29. The van der Waals surface area contributed by atoms with Crippen LogP contribution in [0.4, 0.5) is 0 Å². The van der Waals surface area contributed by atoms with Gasteiger partial charge >= 0.3 is 5.97 Å². The van der Waals surface area contributed by atoms with Gasteiger partial charge in [-0.15, -0.1) is 0 Å². The Morgan fingerprint density at radius 3 is 2.50 bits per heavy atom. The second-order valence-corrected chi connectivity index (χ2v) is 6.80. The Labute approximate surface area is 131 Å². The fourth-order valence-corrected chi connectivity index (χ4v) is 1.88. The maximum absolute atomic E-state index is 12.2. The van der Waals surface area contributed by atoms with Gasteiger partial charge in [0.05, 0.1) is 11.9 Å². The zero-order chi connectivity index (χ0) is 16.4. The van der Waals surface area contributed by atoms with Crippen LogP contribution in [0.25, 0.3) is 0 Å². The van der Waals surface area contributed by atoms with Gasteiger partial charge in [0.25, 0.3) is 0 Å². The van der Waals surface area contributed by atoms with E-state index in [2.05, 4.69) is 10.3 Å². The van der Waals surface area contributed by atoms with Gasteiger partial charge in [-0.05, 0) is 34.6 Å². The average molecular weight is 308 g/mol. The minimum atomic E-state index is -0.803. The van der Waals surface area contributed by atoms with Crippen molar-refractivity contribution in [3.8, 4) is 11.5 Å². The molecule has 0 bridgehead atoms. The first-order valence-corrected chi connectivity index (χ1v) is 7.40. The first kappa shape index (κ1) is 16.5. The molecule has 0 saturated carbocycles. The van der Waals surface area contributed by atoms with E-state index in [1.54, 1.807) is 20.0 Å². The van der Waals surface area contributed by atoms with Crippen molar-refractivity contribution in [2.24, 2.45) is 0 Å². The van der Waals surface area contributed by atoms with Crippen LogP contribution >= 0.6 is 0 Å². The quantitative estimate of drug-likeness (QED) is 0.859. The Hall–Kier alpha value is -1.82. The molecule has 0 unspecified atom stereocenters. The van der Waals surface area contributed by atoms with E-state index in [1.807, 2.05) is 26.8 Å². The van der Waals surface area contributed by atoms with E-state index in [0.29, 0.717) is 31.3 Å². The largest absolute Gasteiger partial charge is 0.486 e. The van der Waals surface area contributed by atoms with Crippen molar-refractivity contribution < 1.29 is 19.0 Å². The van der Waals surface area contributed by atoms with Crippen LogP contribution in [0.15, 0.2) is 12.3 Å². The average Bonchev–Trinajstić information content (AvgIpc) is 2.43. The Bertz CT molecular complexity index is 550. The lowest BCUT2D eigenvalue weighted by molar-refractivity contribution is -0.161. The van der Waals surface area contributed by atoms with Crippen LogP contribution in [0.3, 0.4) is 0 Å². The summed E-state index contributed by atoms with van der Waals surface area (Å²) in [6.07, 6.45) is 1.64. The first-order chi connectivity index (χ1) is 10.2. The third-order valence-corrected chi connectivity index (χ3v) is 3.11. The highest BCUT2D eigenvalue weighted by molar-refractivity contribution is 5.80. The monoisotopic (exact) mass is 308 g/mol. The highest BCUT2D eigenvalue weighted by atomic mass is 16.6. The number of hydrogen-bond acceptors (Lipinski definition) is 6. The van der Waals surface area contributed by atoms with Crippen molar-refractivity contribution >= 4 is 5.97 Å². The highest BCUT2D eigenvalue weighted by Gasteiger charge is 2.32. The number of ether oxygens (including phenoxy) is 3. The zero-order valence-corrected chi connectivity index (χ0v) is 13.9.